The molecule has 1 unspecified atom stereocenters. The van der Waals surface area contributed by atoms with Gasteiger partial charge in [0.15, 0.2) is 11.5 Å². The van der Waals surface area contributed by atoms with E-state index in [1.807, 2.05) is 25.1 Å². The highest BCUT2D eigenvalue weighted by atomic mass is 32.1. The Balaban J connectivity index is 1.45. The molecule has 1 aromatic heterocycles. The molecule has 1 atom stereocenters. The highest BCUT2D eigenvalue weighted by molar-refractivity contribution is 7.09. The summed E-state index contributed by atoms with van der Waals surface area (Å²) in [5.41, 5.74) is 2.18. The molecule has 1 fully saturated rings. The molecule has 1 aromatic carbocycles. The largest absolute Gasteiger partial charge is 0.493 e. The number of ether oxygens (including phenoxy) is 2. The number of nitrogens with zero attached hydrogens (tertiary/aromatic N) is 2. The highest BCUT2D eigenvalue weighted by Gasteiger charge is 2.20. The van der Waals surface area contributed by atoms with Crippen molar-refractivity contribution < 1.29 is 14.6 Å². The first-order valence-electron chi connectivity index (χ1n) is 10.8. The van der Waals surface area contributed by atoms with Gasteiger partial charge in [-0.2, -0.15) is 0 Å². The van der Waals surface area contributed by atoms with Crippen molar-refractivity contribution in [1.82, 2.24) is 15.2 Å². The number of rotatable bonds is 11. The number of likely N-dealkylation sites (N-methyl/N-ethyl adjacent to an activating group) is 1. The Morgan fingerprint density at radius 1 is 1.23 bits per heavy atom. The van der Waals surface area contributed by atoms with Crippen molar-refractivity contribution in [3.8, 4) is 11.5 Å². The molecule has 0 spiro atoms. The topological polar surface area (TPSA) is 66.8 Å². The predicted molar refractivity (Wildman–Crippen MR) is 121 cm³/mol. The second kappa shape index (κ2) is 11.6. The van der Waals surface area contributed by atoms with Crippen LogP contribution in [0.2, 0.25) is 0 Å². The van der Waals surface area contributed by atoms with Crippen molar-refractivity contribution in [1.29, 1.82) is 0 Å². The average Bonchev–Trinajstić information content (AvgIpc) is 3.18. The van der Waals surface area contributed by atoms with E-state index in [1.165, 1.54) is 32.1 Å². The molecule has 1 aliphatic rings. The van der Waals surface area contributed by atoms with Crippen LogP contribution in [0.25, 0.3) is 0 Å². The van der Waals surface area contributed by atoms with Gasteiger partial charge in [-0.15, -0.1) is 11.3 Å². The maximum absolute atomic E-state index is 10.4. The van der Waals surface area contributed by atoms with Gasteiger partial charge in [0.2, 0.25) is 0 Å². The molecule has 1 saturated carbocycles. The molecule has 2 N–H and O–H groups in total. The zero-order valence-electron chi connectivity index (χ0n) is 18.4. The molecule has 0 radical (unpaired) electrons. The lowest BCUT2D eigenvalue weighted by Gasteiger charge is -2.32. The summed E-state index contributed by atoms with van der Waals surface area (Å²) in [4.78, 5) is 6.75. The van der Waals surface area contributed by atoms with Crippen molar-refractivity contribution in [3.63, 3.8) is 0 Å². The summed E-state index contributed by atoms with van der Waals surface area (Å²) in [6, 6.07) is 6.51. The molecular weight excluding hydrogens is 398 g/mol. The van der Waals surface area contributed by atoms with E-state index >= 15 is 0 Å². The van der Waals surface area contributed by atoms with Gasteiger partial charge in [-0.3, -0.25) is 0 Å². The van der Waals surface area contributed by atoms with Crippen molar-refractivity contribution >= 4 is 11.3 Å². The number of aliphatic hydroxyl groups excluding tert-OH is 1. The van der Waals surface area contributed by atoms with Gasteiger partial charge >= 0.3 is 0 Å². The molecule has 3 rings (SSSR count). The number of benzene rings is 1. The minimum absolute atomic E-state index is 0.258. The minimum Gasteiger partial charge on any atom is -0.493 e. The van der Waals surface area contributed by atoms with E-state index in [9.17, 15) is 5.11 Å². The van der Waals surface area contributed by atoms with Crippen LogP contribution in [0.1, 0.15) is 48.4 Å². The Morgan fingerprint density at radius 2 is 2.03 bits per heavy atom. The lowest BCUT2D eigenvalue weighted by molar-refractivity contribution is 0.0553. The molecular formula is C23H35N3O3S. The number of aryl methyl sites for hydroxylation is 1. The molecule has 0 bridgehead atoms. The number of thiazole rings is 1. The number of nitrogens with one attached hydrogen (secondary N) is 1. The molecule has 0 amide bonds. The Morgan fingerprint density at radius 3 is 2.73 bits per heavy atom. The van der Waals surface area contributed by atoms with Crippen molar-refractivity contribution in [2.24, 2.45) is 0 Å². The Bertz CT molecular complexity index is 777. The molecule has 0 saturated heterocycles. The van der Waals surface area contributed by atoms with Gasteiger partial charge in [-0.1, -0.05) is 25.3 Å². The van der Waals surface area contributed by atoms with Crippen LogP contribution in [0.3, 0.4) is 0 Å². The Labute approximate surface area is 184 Å². The number of methoxy groups -OCH3 is 1. The van der Waals surface area contributed by atoms with Gasteiger partial charge in [0.1, 0.15) is 12.7 Å². The number of hydrogen-bond acceptors (Lipinski definition) is 7. The Hall–Kier alpha value is -1.67. The minimum atomic E-state index is -0.524. The monoisotopic (exact) mass is 433 g/mol. The number of aromatic nitrogens is 1. The van der Waals surface area contributed by atoms with Crippen molar-refractivity contribution in [3.05, 3.63) is 39.8 Å². The maximum Gasteiger partial charge on any atom is 0.161 e. The lowest BCUT2D eigenvalue weighted by Crippen LogP contribution is -2.40. The van der Waals surface area contributed by atoms with E-state index in [0.29, 0.717) is 24.1 Å². The summed E-state index contributed by atoms with van der Waals surface area (Å²) in [5.74, 6) is 1.35. The van der Waals surface area contributed by atoms with Crippen LogP contribution in [0.15, 0.2) is 23.6 Å². The van der Waals surface area contributed by atoms with E-state index in [2.05, 4.69) is 27.6 Å². The fraction of sp³-hybridized carbons (Fsp3) is 0.609. The Kier molecular flexibility index (Phi) is 8.93. The summed E-state index contributed by atoms with van der Waals surface area (Å²) in [6.45, 7) is 4.37. The molecule has 0 aliphatic heterocycles. The van der Waals surface area contributed by atoms with Crippen LogP contribution >= 0.6 is 11.3 Å². The van der Waals surface area contributed by atoms with E-state index in [0.717, 1.165) is 29.4 Å². The lowest BCUT2D eigenvalue weighted by atomic mass is 9.94. The SMILES string of the molecule is COc1cc(CNCc2csc(C)n2)ccc1OCC(O)CN(C)C1CCCCC1. The number of hydrogen-bond donors (Lipinski definition) is 2. The summed E-state index contributed by atoms with van der Waals surface area (Å²) < 4.78 is 11.4. The smallest absolute Gasteiger partial charge is 0.161 e. The second-order valence-electron chi connectivity index (χ2n) is 8.14. The number of aliphatic hydroxyl groups is 1. The van der Waals surface area contributed by atoms with Gasteiger partial charge in [0.25, 0.3) is 0 Å². The maximum atomic E-state index is 10.4. The normalized spacial score (nSPS) is 16.0. The van der Waals surface area contributed by atoms with E-state index in [1.54, 1.807) is 18.4 Å². The fourth-order valence-electron chi connectivity index (χ4n) is 4.01. The second-order valence-corrected chi connectivity index (χ2v) is 9.21. The molecule has 30 heavy (non-hydrogen) atoms. The zero-order chi connectivity index (χ0) is 21.3. The van der Waals surface area contributed by atoms with E-state index in [4.69, 9.17) is 9.47 Å². The van der Waals surface area contributed by atoms with Gasteiger partial charge in [0, 0.05) is 31.1 Å². The van der Waals surface area contributed by atoms with Crippen LogP contribution in [0.4, 0.5) is 0 Å². The molecule has 166 valence electrons. The van der Waals surface area contributed by atoms with Crippen LogP contribution in [0.5, 0.6) is 11.5 Å². The first kappa shape index (κ1) is 23.0. The molecule has 2 aromatic rings. The molecule has 1 aliphatic carbocycles. The van der Waals surface area contributed by atoms with Crippen molar-refractivity contribution in [2.45, 2.75) is 64.3 Å². The molecule has 7 heteroatoms. The predicted octanol–water partition coefficient (Wildman–Crippen LogP) is 3.75. The molecule has 1 heterocycles. The first-order valence-corrected chi connectivity index (χ1v) is 11.7. The summed E-state index contributed by atoms with van der Waals surface area (Å²) in [5, 5.41) is 17.0. The third-order valence-electron chi connectivity index (χ3n) is 5.66. The highest BCUT2D eigenvalue weighted by Crippen LogP contribution is 2.28. The van der Waals surface area contributed by atoms with Gasteiger partial charge in [0.05, 0.1) is 17.8 Å². The fourth-order valence-corrected chi connectivity index (χ4v) is 4.62. The van der Waals surface area contributed by atoms with E-state index in [-0.39, 0.29) is 6.61 Å². The van der Waals surface area contributed by atoms with Gasteiger partial charge in [-0.25, -0.2) is 4.98 Å². The zero-order valence-corrected chi connectivity index (χ0v) is 19.2. The quantitative estimate of drug-likeness (QED) is 0.563. The van der Waals surface area contributed by atoms with Crippen LogP contribution in [-0.2, 0) is 13.1 Å². The van der Waals surface area contributed by atoms with Crippen LogP contribution < -0.4 is 14.8 Å². The first-order chi connectivity index (χ1) is 14.5. The standard InChI is InChI=1S/C23H35N3O3S/c1-17-25-19(16-30-17)13-24-12-18-9-10-22(23(11-18)28-3)29-15-21(27)14-26(2)20-7-5-4-6-8-20/h9-11,16,20-21,24,27H,4-8,12-15H2,1-3H3. The van der Waals surface area contributed by atoms with Crippen LogP contribution in [0, 0.1) is 6.92 Å². The summed E-state index contributed by atoms with van der Waals surface area (Å²) in [7, 11) is 3.75. The summed E-state index contributed by atoms with van der Waals surface area (Å²) in [6.07, 6.45) is 5.87. The summed E-state index contributed by atoms with van der Waals surface area (Å²) >= 11 is 1.67. The third-order valence-corrected chi connectivity index (χ3v) is 6.48. The molecule has 6 nitrogen and oxygen atoms in total. The van der Waals surface area contributed by atoms with Crippen LogP contribution in [-0.4, -0.2) is 54.4 Å². The average molecular weight is 434 g/mol. The van der Waals surface area contributed by atoms with E-state index < -0.39 is 6.10 Å². The van der Waals surface area contributed by atoms with Gasteiger partial charge < -0.3 is 24.8 Å². The third kappa shape index (κ3) is 6.94. The van der Waals surface area contributed by atoms with Gasteiger partial charge in [-0.05, 0) is 44.5 Å². The van der Waals surface area contributed by atoms with Crippen molar-refractivity contribution in [2.75, 3.05) is 27.3 Å².